The molecule has 110 valence electrons. The monoisotopic (exact) mass is 281 g/mol. The zero-order chi connectivity index (χ0) is 14.5. The van der Waals surface area contributed by atoms with Crippen molar-refractivity contribution in [3.05, 3.63) is 71.3 Å². The van der Waals surface area contributed by atoms with Crippen LogP contribution in [-0.4, -0.2) is 30.7 Å². The second-order valence-corrected chi connectivity index (χ2v) is 5.90. The van der Waals surface area contributed by atoms with Crippen LogP contribution in [0.2, 0.25) is 0 Å². The van der Waals surface area contributed by atoms with Crippen LogP contribution < -0.4 is 0 Å². The van der Waals surface area contributed by atoms with E-state index < -0.39 is 0 Å². The average Bonchev–Trinajstić information content (AvgIpc) is 2.51. The Morgan fingerprint density at radius 3 is 2.52 bits per heavy atom. The Morgan fingerprint density at radius 2 is 1.76 bits per heavy atom. The lowest BCUT2D eigenvalue weighted by molar-refractivity contribution is -0.0304. The Morgan fingerprint density at radius 1 is 1.00 bits per heavy atom. The summed E-state index contributed by atoms with van der Waals surface area (Å²) in [6, 6.07) is 19.5. The molecule has 1 atom stereocenters. The maximum atomic E-state index is 5.94. The summed E-state index contributed by atoms with van der Waals surface area (Å²) in [7, 11) is 0. The van der Waals surface area contributed by atoms with Crippen molar-refractivity contribution in [1.29, 1.82) is 0 Å². The first kappa shape index (κ1) is 14.3. The maximum Gasteiger partial charge on any atom is 0.0743 e. The van der Waals surface area contributed by atoms with Gasteiger partial charge in [0.1, 0.15) is 0 Å². The van der Waals surface area contributed by atoms with Gasteiger partial charge < -0.3 is 4.74 Å². The molecule has 0 radical (unpaired) electrons. The van der Waals surface area contributed by atoms with Crippen LogP contribution in [0.15, 0.2) is 54.6 Å². The predicted octanol–water partition coefficient (Wildman–Crippen LogP) is 3.44. The molecule has 2 aromatic rings. The molecule has 0 aliphatic carbocycles. The van der Waals surface area contributed by atoms with Gasteiger partial charge in [-0.15, -0.1) is 0 Å². The van der Waals surface area contributed by atoms with Crippen molar-refractivity contribution < 1.29 is 4.74 Å². The summed E-state index contributed by atoms with van der Waals surface area (Å²) in [5.41, 5.74) is 4.06. The van der Waals surface area contributed by atoms with Crippen molar-refractivity contribution in [2.24, 2.45) is 0 Å². The molecule has 0 bridgehead atoms. The SMILES string of the molecule is Cc1ccc(C[C@H]2CN(Cc3ccccc3)CCO2)cc1. The van der Waals surface area contributed by atoms with Gasteiger partial charge >= 0.3 is 0 Å². The highest BCUT2D eigenvalue weighted by atomic mass is 16.5. The normalized spacial score (nSPS) is 19.6. The molecule has 0 N–H and O–H groups in total. The standard InChI is InChI=1S/C19H23NO/c1-16-7-9-17(10-8-16)13-19-15-20(11-12-21-19)14-18-5-3-2-4-6-18/h2-10,19H,11-15H2,1H3/t19-/m0/s1. The Balaban J connectivity index is 1.57. The van der Waals surface area contributed by atoms with Crippen molar-refractivity contribution in [2.45, 2.75) is 26.0 Å². The number of rotatable bonds is 4. The number of hydrogen-bond acceptors (Lipinski definition) is 2. The first-order valence-electron chi connectivity index (χ1n) is 7.73. The highest BCUT2D eigenvalue weighted by molar-refractivity contribution is 5.22. The van der Waals surface area contributed by atoms with Crippen LogP contribution in [0, 0.1) is 6.92 Å². The molecule has 1 aliphatic rings. The maximum absolute atomic E-state index is 5.94. The van der Waals surface area contributed by atoms with Gasteiger partial charge in [0.2, 0.25) is 0 Å². The topological polar surface area (TPSA) is 12.5 Å². The van der Waals surface area contributed by atoms with E-state index in [-0.39, 0.29) is 0 Å². The predicted molar refractivity (Wildman–Crippen MR) is 86.3 cm³/mol. The molecule has 0 saturated carbocycles. The number of ether oxygens (including phenoxy) is 1. The molecule has 3 rings (SSSR count). The van der Waals surface area contributed by atoms with Gasteiger partial charge in [-0.05, 0) is 24.5 Å². The minimum Gasteiger partial charge on any atom is -0.375 e. The molecule has 1 saturated heterocycles. The molecule has 1 aliphatic heterocycles. The van der Waals surface area contributed by atoms with E-state index in [2.05, 4.69) is 66.4 Å². The lowest BCUT2D eigenvalue weighted by Gasteiger charge is -2.33. The second-order valence-electron chi connectivity index (χ2n) is 5.90. The zero-order valence-corrected chi connectivity index (χ0v) is 12.7. The van der Waals surface area contributed by atoms with Gasteiger partial charge in [-0.25, -0.2) is 0 Å². The van der Waals surface area contributed by atoms with E-state index >= 15 is 0 Å². The molecule has 1 fully saturated rings. The summed E-state index contributed by atoms with van der Waals surface area (Å²) in [6.07, 6.45) is 1.32. The zero-order valence-electron chi connectivity index (χ0n) is 12.7. The molecule has 0 spiro atoms. The summed E-state index contributed by atoms with van der Waals surface area (Å²) < 4.78 is 5.94. The van der Waals surface area contributed by atoms with Gasteiger partial charge in [-0.2, -0.15) is 0 Å². The molecule has 0 aromatic heterocycles. The highest BCUT2D eigenvalue weighted by Crippen LogP contribution is 2.14. The first-order valence-corrected chi connectivity index (χ1v) is 7.73. The van der Waals surface area contributed by atoms with E-state index in [0.717, 1.165) is 32.7 Å². The van der Waals surface area contributed by atoms with E-state index in [4.69, 9.17) is 4.74 Å². The van der Waals surface area contributed by atoms with Crippen LogP contribution in [0.25, 0.3) is 0 Å². The molecule has 2 heteroatoms. The van der Waals surface area contributed by atoms with E-state index in [1.807, 2.05) is 0 Å². The van der Waals surface area contributed by atoms with Crippen molar-refractivity contribution >= 4 is 0 Å². The average molecular weight is 281 g/mol. The van der Waals surface area contributed by atoms with Gasteiger partial charge in [0.25, 0.3) is 0 Å². The van der Waals surface area contributed by atoms with Gasteiger partial charge in [-0.1, -0.05) is 60.2 Å². The van der Waals surface area contributed by atoms with Crippen LogP contribution in [0.4, 0.5) is 0 Å². The Bertz CT molecular complexity index is 550. The molecular weight excluding hydrogens is 258 g/mol. The number of morpholine rings is 1. The summed E-state index contributed by atoms with van der Waals surface area (Å²) in [4.78, 5) is 2.50. The van der Waals surface area contributed by atoms with Crippen LogP contribution in [0.5, 0.6) is 0 Å². The van der Waals surface area contributed by atoms with Gasteiger partial charge in [0, 0.05) is 19.6 Å². The van der Waals surface area contributed by atoms with Gasteiger partial charge in [0.05, 0.1) is 12.7 Å². The van der Waals surface area contributed by atoms with Crippen molar-refractivity contribution in [2.75, 3.05) is 19.7 Å². The van der Waals surface area contributed by atoms with Gasteiger partial charge in [0.15, 0.2) is 0 Å². The highest BCUT2D eigenvalue weighted by Gasteiger charge is 2.20. The minimum atomic E-state index is 0.310. The fourth-order valence-electron chi connectivity index (χ4n) is 2.88. The molecule has 0 amide bonds. The lowest BCUT2D eigenvalue weighted by Crippen LogP contribution is -2.42. The molecule has 21 heavy (non-hydrogen) atoms. The van der Waals surface area contributed by atoms with Crippen LogP contribution in [0.1, 0.15) is 16.7 Å². The van der Waals surface area contributed by atoms with Crippen molar-refractivity contribution in [3.8, 4) is 0 Å². The first-order chi connectivity index (χ1) is 10.3. The fraction of sp³-hybridized carbons (Fsp3) is 0.368. The van der Waals surface area contributed by atoms with Crippen molar-refractivity contribution in [1.82, 2.24) is 4.90 Å². The summed E-state index contributed by atoms with van der Waals surface area (Å²) >= 11 is 0. The molecule has 0 unspecified atom stereocenters. The Hall–Kier alpha value is -1.64. The Kier molecular flexibility index (Phi) is 4.69. The third-order valence-corrected chi connectivity index (χ3v) is 4.06. The van der Waals surface area contributed by atoms with Crippen LogP contribution >= 0.6 is 0 Å². The number of aryl methyl sites for hydroxylation is 1. The third-order valence-electron chi connectivity index (χ3n) is 4.06. The molecule has 1 heterocycles. The summed E-state index contributed by atoms with van der Waals surface area (Å²) in [5, 5.41) is 0. The summed E-state index contributed by atoms with van der Waals surface area (Å²) in [6.45, 7) is 6.03. The van der Waals surface area contributed by atoms with Crippen molar-refractivity contribution in [3.63, 3.8) is 0 Å². The number of benzene rings is 2. The van der Waals surface area contributed by atoms with Gasteiger partial charge in [-0.3, -0.25) is 4.90 Å². The fourth-order valence-corrected chi connectivity index (χ4v) is 2.88. The summed E-state index contributed by atoms with van der Waals surface area (Å²) in [5.74, 6) is 0. The van der Waals surface area contributed by atoms with Crippen LogP contribution in [0.3, 0.4) is 0 Å². The molecular formula is C19H23NO. The largest absolute Gasteiger partial charge is 0.375 e. The lowest BCUT2D eigenvalue weighted by atomic mass is 10.0. The molecule has 2 aromatic carbocycles. The second kappa shape index (κ2) is 6.88. The van der Waals surface area contributed by atoms with E-state index in [1.54, 1.807) is 0 Å². The van der Waals surface area contributed by atoms with E-state index in [1.165, 1.54) is 16.7 Å². The number of nitrogens with zero attached hydrogens (tertiary/aromatic N) is 1. The third kappa shape index (κ3) is 4.16. The Labute approximate surface area is 127 Å². The minimum absolute atomic E-state index is 0.310. The quantitative estimate of drug-likeness (QED) is 0.851. The molecule has 2 nitrogen and oxygen atoms in total. The van der Waals surface area contributed by atoms with E-state index in [0.29, 0.717) is 6.10 Å². The van der Waals surface area contributed by atoms with E-state index in [9.17, 15) is 0 Å². The smallest absolute Gasteiger partial charge is 0.0743 e. The number of hydrogen-bond donors (Lipinski definition) is 0. The van der Waals surface area contributed by atoms with Crippen LogP contribution in [-0.2, 0) is 17.7 Å².